The minimum Gasteiger partial charge on any atom is -0.379 e. The smallest absolute Gasteiger partial charge is 0.253 e. The normalized spacial score (nSPS) is 13.4. The molecular formula is C44H59F2N5O8S. The fraction of sp³-hybridized carbons (Fsp3) is 0.523. The Hall–Kier alpha value is -4.32. The highest BCUT2D eigenvalue weighted by Crippen LogP contribution is 2.40. The first-order chi connectivity index (χ1) is 28.9. The van der Waals surface area contributed by atoms with E-state index in [0.717, 1.165) is 28.7 Å². The summed E-state index contributed by atoms with van der Waals surface area (Å²) in [6.45, 7) is 10.5. The van der Waals surface area contributed by atoms with Crippen LogP contribution in [-0.2, 0) is 44.7 Å². The predicted molar refractivity (Wildman–Crippen MR) is 226 cm³/mol. The van der Waals surface area contributed by atoms with E-state index in [0.29, 0.717) is 90.3 Å². The summed E-state index contributed by atoms with van der Waals surface area (Å²) in [4.78, 5) is 57.0. The van der Waals surface area contributed by atoms with E-state index < -0.39 is 23.1 Å². The molecule has 0 saturated carbocycles. The third-order valence-electron chi connectivity index (χ3n) is 9.48. The van der Waals surface area contributed by atoms with Crippen LogP contribution in [0.3, 0.4) is 0 Å². The number of benzene rings is 2. The van der Waals surface area contributed by atoms with Gasteiger partial charge in [0.1, 0.15) is 23.2 Å². The Morgan fingerprint density at radius 3 is 2.12 bits per heavy atom. The van der Waals surface area contributed by atoms with Crippen LogP contribution in [0.2, 0.25) is 0 Å². The van der Waals surface area contributed by atoms with Crippen LogP contribution in [0.4, 0.5) is 8.78 Å². The number of amides is 3. The minimum atomic E-state index is -0.585. The summed E-state index contributed by atoms with van der Waals surface area (Å²) in [5.74, 6) is -0.528. The number of rotatable bonds is 29. The molecule has 1 aliphatic heterocycles. The largest absolute Gasteiger partial charge is 0.379 e. The Labute approximate surface area is 355 Å². The number of imidazole rings is 1. The summed E-state index contributed by atoms with van der Waals surface area (Å²) in [5.41, 5.74) is 6.78. The molecule has 0 unspecified atom stereocenters. The molecule has 60 heavy (non-hydrogen) atoms. The van der Waals surface area contributed by atoms with Crippen molar-refractivity contribution in [3.05, 3.63) is 89.9 Å². The summed E-state index contributed by atoms with van der Waals surface area (Å²) < 4.78 is 53.5. The van der Waals surface area contributed by atoms with E-state index >= 15 is 4.39 Å². The zero-order valence-corrected chi connectivity index (χ0v) is 35.8. The molecule has 1 aromatic heterocycles. The van der Waals surface area contributed by atoms with Gasteiger partial charge in [0.05, 0.1) is 70.3 Å². The Bertz CT molecular complexity index is 1840. The number of nitrogens with two attached hydrogens (primary N) is 1. The van der Waals surface area contributed by atoms with Crippen molar-refractivity contribution < 1.29 is 46.9 Å². The molecule has 2 aromatic carbocycles. The van der Waals surface area contributed by atoms with Gasteiger partial charge >= 0.3 is 0 Å². The van der Waals surface area contributed by atoms with Crippen LogP contribution in [0.5, 0.6) is 0 Å². The van der Waals surface area contributed by atoms with Gasteiger partial charge in [-0.2, -0.15) is 0 Å². The molecular weight excluding hydrogens is 797 g/mol. The molecule has 3 amide bonds. The standard InChI is InChI=1S/C44H59F2N5O8S/c1-44(2,3)42(43-48-38(36-29-34(45)12-13-37(36)46)31-49(43)30-33-9-5-4-6-10-33)51(19-8-17-47)41(55)32-60-28-27-59-26-25-58-24-23-57-22-21-56-20-16-35(52)11-7-18-50-39(53)14-15-40(50)54/h4-6,9-10,12-15,29,31,42H,7-8,11,16-28,30,32,47H2,1-3H3/t42-/m0/s1. The molecule has 13 nitrogen and oxygen atoms in total. The van der Waals surface area contributed by atoms with Crippen molar-refractivity contribution >= 4 is 35.3 Å². The Morgan fingerprint density at radius 2 is 1.48 bits per heavy atom. The molecule has 328 valence electrons. The predicted octanol–water partition coefficient (Wildman–Crippen LogP) is 5.61. The summed E-state index contributed by atoms with van der Waals surface area (Å²) in [5, 5.41) is 0. The molecule has 16 heteroatoms. The number of imide groups is 1. The molecule has 4 rings (SSSR count). The maximum atomic E-state index is 15.0. The van der Waals surface area contributed by atoms with Crippen LogP contribution in [0.15, 0.2) is 66.9 Å². The first-order valence-corrected chi connectivity index (χ1v) is 21.5. The maximum Gasteiger partial charge on any atom is 0.253 e. The van der Waals surface area contributed by atoms with Gasteiger partial charge in [-0.1, -0.05) is 51.1 Å². The first kappa shape index (κ1) is 48.3. The molecule has 0 spiro atoms. The zero-order valence-electron chi connectivity index (χ0n) is 35.0. The monoisotopic (exact) mass is 855 g/mol. The molecule has 1 atom stereocenters. The summed E-state index contributed by atoms with van der Waals surface area (Å²) in [7, 11) is 0. The molecule has 0 fully saturated rings. The van der Waals surface area contributed by atoms with Crippen LogP contribution in [0, 0.1) is 17.0 Å². The lowest BCUT2D eigenvalue weighted by Gasteiger charge is -2.40. The number of halogens is 2. The number of nitrogens with zero attached hydrogens (tertiary/aromatic N) is 4. The number of hydrogen-bond acceptors (Lipinski definition) is 11. The molecule has 0 radical (unpaired) electrons. The van der Waals surface area contributed by atoms with Crippen LogP contribution >= 0.6 is 11.8 Å². The van der Waals surface area contributed by atoms with Crippen molar-refractivity contribution in [1.29, 1.82) is 0 Å². The lowest BCUT2D eigenvalue weighted by molar-refractivity contribution is -0.137. The van der Waals surface area contributed by atoms with Crippen LogP contribution in [0.1, 0.15) is 63.9 Å². The van der Waals surface area contributed by atoms with Crippen molar-refractivity contribution in [2.45, 2.75) is 59.0 Å². The highest BCUT2D eigenvalue weighted by atomic mass is 32.2. The number of carbonyl (C=O) groups is 4. The van der Waals surface area contributed by atoms with Crippen molar-refractivity contribution in [2.24, 2.45) is 11.1 Å². The zero-order chi connectivity index (χ0) is 43.3. The summed E-state index contributed by atoms with van der Waals surface area (Å²) >= 11 is 1.47. The average Bonchev–Trinajstić information content (AvgIpc) is 3.77. The number of ether oxygens (including phenoxy) is 4. The average molecular weight is 856 g/mol. The molecule has 0 saturated heterocycles. The van der Waals surface area contributed by atoms with Gasteiger partial charge in [0.25, 0.3) is 11.8 Å². The Kier molecular flexibility index (Phi) is 20.5. The van der Waals surface area contributed by atoms with Gasteiger partial charge in [0.15, 0.2) is 0 Å². The molecule has 2 N–H and O–H groups in total. The van der Waals surface area contributed by atoms with Crippen molar-refractivity contribution in [2.75, 3.05) is 84.0 Å². The second-order valence-corrected chi connectivity index (χ2v) is 16.4. The third kappa shape index (κ3) is 15.9. The van der Waals surface area contributed by atoms with E-state index in [9.17, 15) is 23.6 Å². The highest BCUT2D eigenvalue weighted by Gasteiger charge is 2.38. The number of carbonyl (C=O) groups excluding carboxylic acids is 4. The van der Waals surface area contributed by atoms with Gasteiger partial charge in [-0.3, -0.25) is 24.1 Å². The topological polar surface area (TPSA) is 156 Å². The molecule has 2 heterocycles. The van der Waals surface area contributed by atoms with Gasteiger partial charge in [0.2, 0.25) is 5.91 Å². The maximum absolute atomic E-state index is 15.0. The van der Waals surface area contributed by atoms with Gasteiger partial charge in [-0.15, -0.1) is 11.8 Å². The number of hydrogen-bond donors (Lipinski definition) is 1. The SMILES string of the molecule is CC(C)(C)[C@H](c1nc(-c2cc(F)ccc2F)cn1Cc1ccccc1)N(CCCN)C(=O)CSCCOCCOCCOCCOCCC(=O)CCCN1C(=O)C=CC1=O. The van der Waals surface area contributed by atoms with Gasteiger partial charge in [0, 0.05) is 62.1 Å². The molecule has 0 bridgehead atoms. The lowest BCUT2D eigenvalue weighted by atomic mass is 9.84. The van der Waals surface area contributed by atoms with Gasteiger partial charge < -0.3 is 34.1 Å². The van der Waals surface area contributed by atoms with Crippen molar-refractivity contribution in [3.63, 3.8) is 0 Å². The lowest BCUT2D eigenvalue weighted by Crippen LogP contribution is -2.44. The van der Waals surface area contributed by atoms with Crippen LogP contribution in [0.25, 0.3) is 11.3 Å². The van der Waals surface area contributed by atoms with E-state index in [1.54, 1.807) is 6.20 Å². The fourth-order valence-electron chi connectivity index (χ4n) is 6.55. The summed E-state index contributed by atoms with van der Waals surface area (Å²) in [6, 6.07) is 12.6. The quantitative estimate of drug-likeness (QED) is 0.0685. The summed E-state index contributed by atoms with van der Waals surface area (Å²) in [6.07, 6.45) is 5.74. The second-order valence-electron chi connectivity index (χ2n) is 15.3. The molecule has 0 aliphatic carbocycles. The number of aromatic nitrogens is 2. The van der Waals surface area contributed by atoms with E-state index in [-0.39, 0.29) is 66.5 Å². The molecule has 1 aliphatic rings. The first-order valence-electron chi connectivity index (χ1n) is 20.4. The van der Waals surface area contributed by atoms with Crippen molar-refractivity contribution in [1.82, 2.24) is 19.4 Å². The van der Waals surface area contributed by atoms with Crippen LogP contribution in [-0.4, -0.2) is 127 Å². The van der Waals surface area contributed by atoms with Crippen molar-refractivity contribution in [3.8, 4) is 11.3 Å². The Morgan fingerprint density at radius 1 is 0.850 bits per heavy atom. The van der Waals surface area contributed by atoms with Gasteiger partial charge in [-0.05, 0) is 48.6 Å². The van der Waals surface area contributed by atoms with Crippen LogP contribution < -0.4 is 5.73 Å². The van der Waals surface area contributed by atoms with E-state index in [1.165, 1.54) is 23.9 Å². The molecule has 3 aromatic rings. The van der Waals surface area contributed by atoms with E-state index in [2.05, 4.69) is 0 Å². The number of Topliss-reactive ketones (excluding diaryl/α,β-unsaturated/α-hetero) is 1. The van der Waals surface area contributed by atoms with Gasteiger partial charge in [-0.25, -0.2) is 13.8 Å². The highest BCUT2D eigenvalue weighted by molar-refractivity contribution is 7.99. The number of ketones is 1. The number of thioether (sulfide) groups is 1. The third-order valence-corrected chi connectivity index (χ3v) is 10.4. The minimum absolute atomic E-state index is 0.0133. The second kappa shape index (κ2) is 25.5. The van der Waals surface area contributed by atoms with E-state index in [4.69, 9.17) is 29.7 Å². The fourth-order valence-corrected chi connectivity index (χ4v) is 7.27. The Balaban J connectivity index is 1.15. The van der Waals surface area contributed by atoms with E-state index in [1.807, 2.05) is 60.6 Å².